The second-order valence-corrected chi connectivity index (χ2v) is 7.03. The Balaban J connectivity index is 1.55. The van der Waals surface area contributed by atoms with Gasteiger partial charge in [0.1, 0.15) is 0 Å². The highest BCUT2D eigenvalue weighted by Crippen LogP contribution is 2.43. The standard InChI is InChI=1S/C16H16N2OS/c1-9-17-14-5-4-12(8-15(14)20-9)18-16(19)13-7-10-2-3-11(13)6-10/h2-5,8,10-11,13H,6-7H2,1H3,(H,18,19). The molecule has 3 nitrogen and oxygen atoms in total. The quantitative estimate of drug-likeness (QED) is 0.853. The van der Waals surface area contributed by atoms with Crippen LogP contribution in [0.25, 0.3) is 10.2 Å². The minimum Gasteiger partial charge on any atom is -0.326 e. The fourth-order valence-corrected chi connectivity index (χ4v) is 4.30. The second-order valence-electron chi connectivity index (χ2n) is 5.79. The number of thiazole rings is 1. The Labute approximate surface area is 121 Å². The zero-order chi connectivity index (χ0) is 13.7. The van der Waals surface area contributed by atoms with Crippen molar-refractivity contribution in [3.05, 3.63) is 35.4 Å². The smallest absolute Gasteiger partial charge is 0.228 e. The Morgan fingerprint density at radius 2 is 2.25 bits per heavy atom. The average Bonchev–Trinajstić information content (AvgIpc) is 3.11. The van der Waals surface area contributed by atoms with Crippen molar-refractivity contribution in [2.24, 2.45) is 17.8 Å². The molecular formula is C16H16N2OS. The maximum Gasteiger partial charge on any atom is 0.228 e. The van der Waals surface area contributed by atoms with E-state index < -0.39 is 0 Å². The molecule has 0 radical (unpaired) electrons. The molecule has 1 aromatic heterocycles. The lowest BCUT2D eigenvalue weighted by Crippen LogP contribution is -2.25. The number of anilines is 1. The van der Waals surface area contributed by atoms with Crippen molar-refractivity contribution >= 4 is 33.1 Å². The topological polar surface area (TPSA) is 42.0 Å². The van der Waals surface area contributed by atoms with E-state index in [1.807, 2.05) is 25.1 Å². The zero-order valence-corrected chi connectivity index (χ0v) is 12.1. The number of aryl methyl sites for hydroxylation is 1. The summed E-state index contributed by atoms with van der Waals surface area (Å²) >= 11 is 1.66. The highest BCUT2D eigenvalue weighted by molar-refractivity contribution is 7.18. The molecule has 2 bridgehead atoms. The number of amides is 1. The molecule has 1 fully saturated rings. The number of nitrogens with zero attached hydrogens (tertiary/aromatic N) is 1. The van der Waals surface area contributed by atoms with Crippen LogP contribution in [-0.4, -0.2) is 10.9 Å². The van der Waals surface area contributed by atoms with E-state index in [1.165, 1.54) is 0 Å². The summed E-state index contributed by atoms with van der Waals surface area (Å²) < 4.78 is 1.13. The van der Waals surface area contributed by atoms with Gasteiger partial charge in [0.05, 0.1) is 15.2 Å². The summed E-state index contributed by atoms with van der Waals surface area (Å²) in [7, 11) is 0. The molecule has 1 amide bonds. The Hall–Kier alpha value is -1.68. The van der Waals surface area contributed by atoms with Gasteiger partial charge in [0, 0.05) is 11.6 Å². The van der Waals surface area contributed by atoms with Crippen LogP contribution in [0.15, 0.2) is 30.4 Å². The normalized spacial score (nSPS) is 27.4. The fourth-order valence-electron chi connectivity index (χ4n) is 3.43. The van der Waals surface area contributed by atoms with E-state index in [0.717, 1.165) is 33.8 Å². The molecule has 2 aliphatic rings. The molecular weight excluding hydrogens is 268 g/mol. The van der Waals surface area contributed by atoms with Gasteiger partial charge in [0.15, 0.2) is 0 Å². The van der Waals surface area contributed by atoms with E-state index in [2.05, 4.69) is 22.5 Å². The molecule has 0 saturated heterocycles. The van der Waals surface area contributed by atoms with Crippen molar-refractivity contribution in [1.82, 2.24) is 4.98 Å². The van der Waals surface area contributed by atoms with Crippen molar-refractivity contribution in [2.75, 3.05) is 5.32 Å². The van der Waals surface area contributed by atoms with Gasteiger partial charge in [0.2, 0.25) is 5.91 Å². The number of carbonyl (C=O) groups excluding carboxylic acids is 1. The number of aromatic nitrogens is 1. The molecule has 2 aliphatic carbocycles. The Kier molecular flexibility index (Phi) is 2.67. The lowest BCUT2D eigenvalue weighted by Gasteiger charge is -2.17. The number of fused-ring (bicyclic) bond motifs is 3. The SMILES string of the molecule is Cc1nc2ccc(NC(=O)C3CC4C=CC3C4)cc2s1. The maximum absolute atomic E-state index is 12.4. The van der Waals surface area contributed by atoms with Crippen LogP contribution >= 0.6 is 11.3 Å². The van der Waals surface area contributed by atoms with Crippen LogP contribution in [0, 0.1) is 24.7 Å². The van der Waals surface area contributed by atoms with E-state index in [1.54, 1.807) is 11.3 Å². The minimum atomic E-state index is 0.156. The molecule has 3 unspecified atom stereocenters. The number of hydrogen-bond donors (Lipinski definition) is 1. The van der Waals surface area contributed by atoms with Crippen LogP contribution in [0.5, 0.6) is 0 Å². The summed E-state index contributed by atoms with van der Waals surface area (Å²) in [6, 6.07) is 5.96. The Bertz CT molecular complexity index is 718. The number of rotatable bonds is 2. The molecule has 1 heterocycles. The van der Waals surface area contributed by atoms with Crippen LogP contribution in [0.2, 0.25) is 0 Å². The third-order valence-electron chi connectivity index (χ3n) is 4.38. The van der Waals surface area contributed by atoms with E-state index in [-0.39, 0.29) is 11.8 Å². The molecule has 2 aromatic rings. The van der Waals surface area contributed by atoms with E-state index in [9.17, 15) is 4.79 Å². The van der Waals surface area contributed by atoms with Gasteiger partial charge in [0.25, 0.3) is 0 Å². The summed E-state index contributed by atoms with van der Waals surface area (Å²) in [5.74, 6) is 1.41. The van der Waals surface area contributed by atoms with Crippen LogP contribution in [0.3, 0.4) is 0 Å². The van der Waals surface area contributed by atoms with E-state index in [4.69, 9.17) is 0 Å². The summed E-state index contributed by atoms with van der Waals surface area (Å²) in [4.78, 5) is 16.8. The molecule has 1 aromatic carbocycles. The zero-order valence-electron chi connectivity index (χ0n) is 11.3. The highest BCUT2D eigenvalue weighted by atomic mass is 32.1. The van der Waals surface area contributed by atoms with E-state index >= 15 is 0 Å². The Morgan fingerprint density at radius 3 is 3.00 bits per heavy atom. The number of benzene rings is 1. The molecule has 1 N–H and O–H groups in total. The molecule has 1 saturated carbocycles. The van der Waals surface area contributed by atoms with Crippen molar-refractivity contribution in [2.45, 2.75) is 19.8 Å². The number of allylic oxidation sites excluding steroid dienone is 2. The largest absolute Gasteiger partial charge is 0.326 e. The molecule has 4 heteroatoms. The van der Waals surface area contributed by atoms with Gasteiger partial charge in [-0.15, -0.1) is 11.3 Å². The molecule has 0 aliphatic heterocycles. The lowest BCUT2D eigenvalue weighted by molar-refractivity contribution is -0.120. The van der Waals surface area contributed by atoms with Crippen LogP contribution < -0.4 is 5.32 Å². The van der Waals surface area contributed by atoms with Crippen LogP contribution in [-0.2, 0) is 4.79 Å². The minimum absolute atomic E-state index is 0.156. The third kappa shape index (κ3) is 1.95. The molecule has 20 heavy (non-hydrogen) atoms. The van der Waals surface area contributed by atoms with Crippen LogP contribution in [0.4, 0.5) is 5.69 Å². The third-order valence-corrected chi connectivity index (χ3v) is 5.31. The van der Waals surface area contributed by atoms with Gasteiger partial charge in [-0.2, -0.15) is 0 Å². The van der Waals surface area contributed by atoms with Gasteiger partial charge >= 0.3 is 0 Å². The fraction of sp³-hybridized carbons (Fsp3) is 0.375. The van der Waals surface area contributed by atoms with Gasteiger partial charge in [-0.25, -0.2) is 4.98 Å². The highest BCUT2D eigenvalue weighted by Gasteiger charge is 2.39. The van der Waals surface area contributed by atoms with Gasteiger partial charge < -0.3 is 5.32 Å². The summed E-state index contributed by atoms with van der Waals surface area (Å²) in [5.41, 5.74) is 1.89. The number of hydrogen-bond acceptors (Lipinski definition) is 3. The molecule has 102 valence electrons. The van der Waals surface area contributed by atoms with Crippen molar-refractivity contribution in [3.63, 3.8) is 0 Å². The lowest BCUT2D eigenvalue weighted by atomic mass is 9.93. The molecule has 0 spiro atoms. The number of nitrogens with one attached hydrogen (secondary N) is 1. The first-order chi connectivity index (χ1) is 9.69. The molecule has 4 rings (SSSR count). The first-order valence-electron chi connectivity index (χ1n) is 7.05. The first-order valence-corrected chi connectivity index (χ1v) is 7.87. The average molecular weight is 284 g/mol. The molecule has 3 atom stereocenters. The second kappa shape index (κ2) is 4.42. The summed E-state index contributed by atoms with van der Waals surface area (Å²) in [5, 5.41) is 4.13. The summed E-state index contributed by atoms with van der Waals surface area (Å²) in [6.07, 6.45) is 6.65. The van der Waals surface area contributed by atoms with Crippen molar-refractivity contribution in [1.29, 1.82) is 0 Å². The predicted octanol–water partition coefficient (Wildman–Crippen LogP) is 3.76. The Morgan fingerprint density at radius 1 is 1.35 bits per heavy atom. The maximum atomic E-state index is 12.4. The van der Waals surface area contributed by atoms with Crippen LogP contribution in [0.1, 0.15) is 17.8 Å². The van der Waals surface area contributed by atoms with Gasteiger partial charge in [-0.1, -0.05) is 12.2 Å². The first kappa shape index (κ1) is 12.1. The monoisotopic (exact) mass is 284 g/mol. The van der Waals surface area contributed by atoms with Crippen molar-refractivity contribution < 1.29 is 4.79 Å². The van der Waals surface area contributed by atoms with E-state index in [0.29, 0.717) is 11.8 Å². The number of carbonyl (C=O) groups is 1. The summed E-state index contributed by atoms with van der Waals surface area (Å²) in [6.45, 7) is 2.00. The van der Waals surface area contributed by atoms with Gasteiger partial charge in [-0.3, -0.25) is 4.79 Å². The van der Waals surface area contributed by atoms with Crippen molar-refractivity contribution in [3.8, 4) is 0 Å². The predicted molar refractivity (Wildman–Crippen MR) is 81.8 cm³/mol. The van der Waals surface area contributed by atoms with Gasteiger partial charge in [-0.05, 0) is 49.8 Å².